The summed E-state index contributed by atoms with van der Waals surface area (Å²) < 4.78 is 7.22. The number of aromatic nitrogens is 5. The maximum Gasteiger partial charge on any atom is 0.346 e. The zero-order chi connectivity index (χ0) is 16.3. The molecule has 0 aliphatic carbocycles. The van der Waals surface area contributed by atoms with Crippen LogP contribution in [0.1, 0.15) is 0 Å². The van der Waals surface area contributed by atoms with Crippen LogP contribution in [0.5, 0.6) is 0 Å². The van der Waals surface area contributed by atoms with Gasteiger partial charge in [0.2, 0.25) is 5.89 Å². The van der Waals surface area contributed by atoms with E-state index in [1.54, 1.807) is 18.2 Å². The Morgan fingerprint density at radius 3 is 2.75 bits per heavy atom. The van der Waals surface area contributed by atoms with Crippen molar-refractivity contribution in [1.82, 2.24) is 24.8 Å². The fraction of sp³-hybridized carbons (Fsp3) is 0. The SMILES string of the molecule is Clc1ccc(-c2nn3c4nc5ccccc5c-4nnc3o2)c(Cl)c1. The van der Waals surface area contributed by atoms with Gasteiger partial charge in [-0.2, -0.15) is 4.52 Å². The fourth-order valence-corrected chi connectivity index (χ4v) is 3.14. The lowest BCUT2D eigenvalue weighted by Crippen LogP contribution is -2.00. The molecule has 2 aliphatic rings. The predicted molar refractivity (Wildman–Crippen MR) is 90.4 cm³/mol. The van der Waals surface area contributed by atoms with Crippen molar-refractivity contribution in [1.29, 1.82) is 0 Å². The van der Waals surface area contributed by atoms with Crippen molar-refractivity contribution in [3.05, 3.63) is 52.5 Å². The second-order valence-corrected chi connectivity index (χ2v) is 6.07. The van der Waals surface area contributed by atoms with E-state index < -0.39 is 0 Å². The summed E-state index contributed by atoms with van der Waals surface area (Å²) in [6.45, 7) is 0. The largest absolute Gasteiger partial charge is 0.402 e. The summed E-state index contributed by atoms with van der Waals surface area (Å²) >= 11 is 12.2. The van der Waals surface area contributed by atoms with Crippen LogP contribution in [-0.2, 0) is 0 Å². The molecule has 8 heteroatoms. The number of hydrogen-bond donors (Lipinski definition) is 0. The van der Waals surface area contributed by atoms with Gasteiger partial charge in [-0.05, 0) is 24.3 Å². The van der Waals surface area contributed by atoms with E-state index in [-0.39, 0.29) is 5.84 Å². The van der Waals surface area contributed by atoms with Crippen LogP contribution in [0.15, 0.2) is 46.9 Å². The van der Waals surface area contributed by atoms with E-state index in [2.05, 4.69) is 20.3 Å². The first-order valence-corrected chi connectivity index (χ1v) is 7.82. The van der Waals surface area contributed by atoms with Gasteiger partial charge in [-0.3, -0.25) is 0 Å². The van der Waals surface area contributed by atoms with E-state index in [4.69, 9.17) is 27.6 Å². The second-order valence-electron chi connectivity index (χ2n) is 5.23. The van der Waals surface area contributed by atoms with Gasteiger partial charge < -0.3 is 4.42 Å². The highest BCUT2D eigenvalue weighted by Gasteiger charge is 2.21. The molecule has 0 amide bonds. The van der Waals surface area contributed by atoms with E-state index in [1.807, 2.05) is 24.3 Å². The zero-order valence-corrected chi connectivity index (χ0v) is 13.5. The molecular weight excluding hydrogens is 349 g/mol. The van der Waals surface area contributed by atoms with Crippen LogP contribution in [0.25, 0.3) is 39.7 Å². The molecule has 3 aromatic rings. The lowest BCUT2D eigenvalue weighted by atomic mass is 10.2. The molecule has 0 atom stereocenters. The van der Waals surface area contributed by atoms with Gasteiger partial charge >= 0.3 is 5.84 Å². The summed E-state index contributed by atoms with van der Waals surface area (Å²) in [5.41, 5.74) is 2.12. The van der Waals surface area contributed by atoms with Crippen molar-refractivity contribution in [3.63, 3.8) is 0 Å². The molecule has 116 valence electrons. The Hall–Kier alpha value is -2.70. The van der Waals surface area contributed by atoms with Gasteiger partial charge in [-0.1, -0.05) is 46.5 Å². The first-order chi connectivity index (χ1) is 11.7. The lowest BCUT2D eigenvalue weighted by Gasteiger charge is -1.98. The molecule has 0 fully saturated rings. The molecule has 6 nitrogen and oxygen atoms in total. The Morgan fingerprint density at radius 1 is 1.00 bits per heavy atom. The van der Waals surface area contributed by atoms with Crippen LogP contribution in [0.3, 0.4) is 0 Å². The number of nitrogens with zero attached hydrogens (tertiary/aromatic N) is 5. The van der Waals surface area contributed by atoms with Crippen LogP contribution in [0.2, 0.25) is 10.0 Å². The molecule has 0 saturated heterocycles. The summed E-state index contributed by atoms with van der Waals surface area (Å²) in [5, 5.41) is 14.7. The van der Waals surface area contributed by atoms with Gasteiger partial charge in [0, 0.05) is 10.4 Å². The number of hydrogen-bond acceptors (Lipinski definition) is 5. The third-order valence-corrected chi connectivity index (χ3v) is 4.30. The van der Waals surface area contributed by atoms with Crippen LogP contribution in [0.4, 0.5) is 0 Å². The summed E-state index contributed by atoms with van der Waals surface area (Å²) in [5.74, 6) is 1.15. The third kappa shape index (κ3) is 1.90. The molecular formula is C16H7Cl2N5O. The average Bonchev–Trinajstić information content (AvgIpc) is 3.15. The minimum absolute atomic E-state index is 0.242. The number of benzene rings is 2. The molecule has 2 aliphatic heterocycles. The molecule has 0 N–H and O–H groups in total. The standard InChI is InChI=1S/C16H7Cl2N5O/c17-8-5-6-9(11(18)7-8)15-22-23-14-13(20-21-16(23)24-15)10-3-1-2-4-12(10)19-14/h1-7H. The van der Waals surface area contributed by atoms with Crippen LogP contribution in [-0.4, -0.2) is 24.8 Å². The summed E-state index contributed by atoms with van der Waals surface area (Å²) in [7, 11) is 0. The fourth-order valence-electron chi connectivity index (χ4n) is 2.65. The maximum absolute atomic E-state index is 6.23. The highest BCUT2D eigenvalue weighted by atomic mass is 35.5. The normalized spacial score (nSPS) is 11.8. The highest BCUT2D eigenvalue weighted by Crippen LogP contribution is 2.32. The molecule has 2 aromatic carbocycles. The Kier molecular flexibility index (Phi) is 2.80. The smallest absolute Gasteiger partial charge is 0.346 e. The highest BCUT2D eigenvalue weighted by molar-refractivity contribution is 6.36. The molecule has 24 heavy (non-hydrogen) atoms. The van der Waals surface area contributed by atoms with E-state index in [9.17, 15) is 0 Å². The first kappa shape index (κ1) is 13.7. The van der Waals surface area contributed by atoms with Crippen LogP contribution < -0.4 is 0 Å². The summed E-state index contributed by atoms with van der Waals surface area (Å²) in [6.07, 6.45) is 0. The van der Waals surface area contributed by atoms with E-state index in [0.29, 0.717) is 33.0 Å². The van der Waals surface area contributed by atoms with E-state index >= 15 is 0 Å². The van der Waals surface area contributed by atoms with Gasteiger partial charge in [0.05, 0.1) is 16.1 Å². The van der Waals surface area contributed by atoms with E-state index in [0.717, 1.165) is 10.9 Å². The first-order valence-electron chi connectivity index (χ1n) is 7.07. The molecule has 0 spiro atoms. The van der Waals surface area contributed by atoms with Crippen molar-refractivity contribution >= 4 is 39.9 Å². The lowest BCUT2D eigenvalue weighted by molar-refractivity contribution is 0.595. The topological polar surface area (TPSA) is 69.1 Å². The van der Waals surface area contributed by atoms with Crippen molar-refractivity contribution < 1.29 is 4.42 Å². The number of halogens is 2. The van der Waals surface area contributed by atoms with E-state index in [1.165, 1.54) is 4.52 Å². The minimum Gasteiger partial charge on any atom is -0.402 e. The number of rotatable bonds is 1. The number of fused-ring (bicyclic) bond motifs is 5. The Labute approximate surface area is 145 Å². The van der Waals surface area contributed by atoms with Crippen molar-refractivity contribution in [2.24, 2.45) is 0 Å². The predicted octanol–water partition coefficient (Wildman–Crippen LogP) is 4.34. The second kappa shape index (κ2) is 4.90. The minimum atomic E-state index is 0.242. The Balaban J connectivity index is 1.79. The van der Waals surface area contributed by atoms with Crippen molar-refractivity contribution in [2.75, 3.05) is 0 Å². The third-order valence-electron chi connectivity index (χ3n) is 3.76. The zero-order valence-electron chi connectivity index (χ0n) is 11.9. The summed E-state index contributed by atoms with van der Waals surface area (Å²) in [6, 6.07) is 12.8. The van der Waals surface area contributed by atoms with Crippen molar-refractivity contribution in [3.8, 4) is 23.0 Å². The molecule has 0 bridgehead atoms. The van der Waals surface area contributed by atoms with Crippen LogP contribution in [0, 0.1) is 0 Å². The molecule has 0 radical (unpaired) electrons. The molecule has 5 rings (SSSR count). The average molecular weight is 356 g/mol. The summed E-state index contributed by atoms with van der Waals surface area (Å²) in [4.78, 5) is 4.57. The molecule has 1 aromatic heterocycles. The van der Waals surface area contributed by atoms with Gasteiger partial charge in [0.15, 0.2) is 5.82 Å². The Morgan fingerprint density at radius 2 is 1.88 bits per heavy atom. The van der Waals surface area contributed by atoms with Gasteiger partial charge in [0.1, 0.15) is 5.69 Å². The van der Waals surface area contributed by atoms with Crippen molar-refractivity contribution in [2.45, 2.75) is 0 Å². The number of para-hydroxylation sites is 1. The molecule has 0 unspecified atom stereocenters. The maximum atomic E-state index is 6.23. The molecule has 3 heterocycles. The molecule has 0 saturated carbocycles. The van der Waals surface area contributed by atoms with Gasteiger partial charge in [-0.25, -0.2) is 4.98 Å². The van der Waals surface area contributed by atoms with Gasteiger partial charge in [0.25, 0.3) is 0 Å². The van der Waals surface area contributed by atoms with Gasteiger partial charge in [-0.15, -0.1) is 10.2 Å². The Bertz CT molecular complexity index is 1200. The monoisotopic (exact) mass is 355 g/mol. The quantitative estimate of drug-likeness (QED) is 0.447. The van der Waals surface area contributed by atoms with Crippen LogP contribution >= 0.6 is 23.2 Å².